The minimum Gasteiger partial charge on any atom is -0.309 e. The third-order valence-corrected chi connectivity index (χ3v) is 16.7. The maximum Gasteiger partial charge on any atom is 0.171 e. The first-order valence-corrected chi connectivity index (χ1v) is 22.5. The van der Waals surface area contributed by atoms with Gasteiger partial charge in [0.25, 0.3) is 0 Å². The molecule has 4 nitrogen and oxygen atoms in total. The van der Waals surface area contributed by atoms with Gasteiger partial charge in [0, 0.05) is 38.3 Å². The molecule has 3 heterocycles. The van der Waals surface area contributed by atoms with Crippen molar-refractivity contribution in [2.24, 2.45) is 0 Å². The van der Waals surface area contributed by atoms with Crippen LogP contribution in [0.4, 0.5) is 0 Å². The maximum absolute atomic E-state index is 15.7. The summed E-state index contributed by atoms with van der Waals surface area (Å²) >= 11 is 0. The summed E-state index contributed by atoms with van der Waals surface area (Å²) in [6, 6.07) is 71.9. The van der Waals surface area contributed by atoms with E-state index in [1.54, 1.807) is 0 Å². The van der Waals surface area contributed by atoms with Gasteiger partial charge in [0.05, 0.1) is 22.1 Å². The van der Waals surface area contributed by atoms with Gasteiger partial charge in [0.15, 0.2) is 7.14 Å². The third-order valence-electron chi connectivity index (χ3n) is 11.2. The van der Waals surface area contributed by atoms with Crippen LogP contribution in [0.25, 0.3) is 60.4 Å². The Morgan fingerprint density at radius 3 is 1.74 bits per heavy atom. The van der Waals surface area contributed by atoms with E-state index >= 15 is 4.57 Å². The molecule has 0 N–H and O–H groups in total. The molecular weight excluding hydrogens is 745 g/mol. The molecule has 0 saturated heterocycles. The standard InChI is InChI=1S/C52H35N3OP2/c56-58(42-19-9-3-10-20-42,43-21-11-4-12-22-43)44-27-29-45-46-28-26-41(57(39-15-5-1-6-16-39)40-17-7-2-8-18-40)34-50(46)55-51-33-38(25-30-48(51)54-52(55)47(45)35-44)37-24-23-36-14-13-31-53-49(36)32-37/h1-35H. The number of benzene rings is 8. The molecule has 11 aromatic rings. The Balaban J connectivity index is 1.22. The second kappa shape index (κ2) is 14.0. The molecule has 8 aromatic carbocycles. The van der Waals surface area contributed by atoms with Gasteiger partial charge in [0.1, 0.15) is 5.65 Å². The fourth-order valence-electron chi connectivity index (χ4n) is 8.47. The first-order chi connectivity index (χ1) is 28.6. The molecule has 0 saturated carbocycles. The predicted molar refractivity (Wildman–Crippen MR) is 247 cm³/mol. The van der Waals surface area contributed by atoms with Crippen molar-refractivity contribution in [3.05, 3.63) is 212 Å². The van der Waals surface area contributed by atoms with Crippen molar-refractivity contribution in [2.75, 3.05) is 0 Å². The first kappa shape index (κ1) is 34.5. The van der Waals surface area contributed by atoms with Gasteiger partial charge in [-0.05, 0) is 76.7 Å². The fourth-order valence-corrected chi connectivity index (χ4v) is 13.5. The van der Waals surface area contributed by atoms with Gasteiger partial charge in [-0.2, -0.15) is 0 Å². The Morgan fingerprint density at radius 1 is 0.431 bits per heavy atom. The summed E-state index contributed by atoms with van der Waals surface area (Å²) in [4.78, 5) is 10.1. The van der Waals surface area contributed by atoms with E-state index in [9.17, 15) is 0 Å². The molecule has 0 spiro atoms. The normalized spacial score (nSPS) is 12.0. The lowest BCUT2D eigenvalue weighted by Gasteiger charge is -2.22. The Labute approximate surface area is 337 Å². The average Bonchev–Trinajstić information content (AvgIpc) is 3.69. The minimum absolute atomic E-state index is 0.781. The van der Waals surface area contributed by atoms with E-state index in [2.05, 4.69) is 149 Å². The summed E-state index contributed by atoms with van der Waals surface area (Å²) in [5.41, 5.74) is 6.99. The highest BCUT2D eigenvalue weighted by Crippen LogP contribution is 2.44. The zero-order chi connectivity index (χ0) is 38.6. The van der Waals surface area contributed by atoms with Crippen molar-refractivity contribution >= 4 is 96.1 Å². The summed E-state index contributed by atoms with van der Waals surface area (Å²) in [6.45, 7) is 0. The summed E-state index contributed by atoms with van der Waals surface area (Å²) in [5.74, 6) is 0. The van der Waals surface area contributed by atoms with Crippen molar-refractivity contribution in [3.63, 3.8) is 0 Å². The van der Waals surface area contributed by atoms with Crippen LogP contribution in [0.3, 0.4) is 0 Å². The number of rotatable bonds is 7. The van der Waals surface area contributed by atoms with Crippen LogP contribution in [0.5, 0.6) is 0 Å². The van der Waals surface area contributed by atoms with Crippen molar-refractivity contribution in [1.29, 1.82) is 0 Å². The van der Waals surface area contributed by atoms with E-state index in [-0.39, 0.29) is 0 Å². The molecule has 0 aliphatic rings. The Hall–Kier alpha value is -6.70. The van der Waals surface area contributed by atoms with Gasteiger partial charge in [-0.25, -0.2) is 4.98 Å². The summed E-state index contributed by atoms with van der Waals surface area (Å²) in [5, 5.41) is 10.5. The SMILES string of the molecule is O=P(c1ccccc1)(c1ccccc1)c1ccc2c3ccc(P(c4ccccc4)c4ccccc4)cc3n3c4cc(-c5ccc6cccnc6c5)ccc4nc3c2c1. The first-order valence-electron chi connectivity index (χ1n) is 19.4. The highest BCUT2D eigenvalue weighted by atomic mass is 31.2. The Bertz CT molecular complexity index is 3290. The summed E-state index contributed by atoms with van der Waals surface area (Å²) in [6.07, 6.45) is 1.84. The van der Waals surface area contributed by atoms with Crippen molar-refractivity contribution in [2.45, 2.75) is 0 Å². The van der Waals surface area contributed by atoms with Gasteiger partial charge < -0.3 is 4.57 Å². The molecule has 6 heteroatoms. The third kappa shape index (κ3) is 5.68. The van der Waals surface area contributed by atoms with Crippen molar-refractivity contribution < 1.29 is 4.57 Å². The van der Waals surface area contributed by atoms with E-state index < -0.39 is 15.1 Å². The monoisotopic (exact) mass is 779 g/mol. The molecule has 0 bridgehead atoms. The van der Waals surface area contributed by atoms with Gasteiger partial charge >= 0.3 is 0 Å². The zero-order valence-electron chi connectivity index (χ0n) is 31.4. The molecule has 274 valence electrons. The van der Waals surface area contributed by atoms with Crippen LogP contribution in [0.2, 0.25) is 0 Å². The lowest BCUT2D eigenvalue weighted by Crippen LogP contribution is -2.25. The Morgan fingerprint density at radius 2 is 1.05 bits per heavy atom. The second-order valence-corrected chi connectivity index (χ2v) is 19.6. The topological polar surface area (TPSA) is 47.3 Å². The van der Waals surface area contributed by atoms with Crippen LogP contribution in [0, 0.1) is 0 Å². The molecular formula is C52H35N3OP2. The smallest absolute Gasteiger partial charge is 0.171 e. The van der Waals surface area contributed by atoms with Gasteiger partial charge in [-0.1, -0.05) is 170 Å². The number of imidazole rings is 1. The van der Waals surface area contributed by atoms with E-state index in [1.165, 1.54) is 15.9 Å². The van der Waals surface area contributed by atoms with Crippen LogP contribution in [-0.4, -0.2) is 14.4 Å². The zero-order valence-corrected chi connectivity index (χ0v) is 33.1. The van der Waals surface area contributed by atoms with Crippen molar-refractivity contribution in [1.82, 2.24) is 14.4 Å². The number of fused-ring (bicyclic) bond motifs is 9. The molecule has 0 atom stereocenters. The fraction of sp³-hybridized carbons (Fsp3) is 0. The molecule has 0 amide bonds. The number of nitrogens with zero attached hydrogens (tertiary/aromatic N) is 3. The molecule has 0 aliphatic heterocycles. The van der Waals surface area contributed by atoms with Crippen LogP contribution < -0.4 is 31.8 Å². The number of aromatic nitrogens is 3. The van der Waals surface area contributed by atoms with E-state index in [4.69, 9.17) is 4.98 Å². The molecule has 11 rings (SSSR count). The van der Waals surface area contributed by atoms with Gasteiger partial charge in [-0.3, -0.25) is 9.38 Å². The number of pyridine rings is 2. The predicted octanol–water partition coefficient (Wildman–Crippen LogP) is 10.4. The molecule has 0 aliphatic carbocycles. The largest absolute Gasteiger partial charge is 0.309 e. The summed E-state index contributed by atoms with van der Waals surface area (Å²) in [7, 11) is -4.11. The number of hydrogen-bond acceptors (Lipinski definition) is 3. The molecule has 0 fully saturated rings. The van der Waals surface area contributed by atoms with Crippen molar-refractivity contribution in [3.8, 4) is 11.1 Å². The molecule has 3 aromatic heterocycles. The molecule has 58 heavy (non-hydrogen) atoms. The van der Waals surface area contributed by atoms with Crippen LogP contribution in [-0.2, 0) is 4.57 Å². The quantitative estimate of drug-likeness (QED) is 0.120. The maximum atomic E-state index is 15.7. The Kier molecular flexibility index (Phi) is 8.36. The molecule has 0 radical (unpaired) electrons. The lowest BCUT2D eigenvalue weighted by molar-refractivity contribution is 0.592. The van der Waals surface area contributed by atoms with Crippen LogP contribution >= 0.6 is 15.1 Å². The summed E-state index contributed by atoms with van der Waals surface area (Å²) < 4.78 is 18.0. The lowest BCUT2D eigenvalue weighted by atomic mass is 10.0. The van der Waals surface area contributed by atoms with E-state index in [1.807, 2.05) is 72.9 Å². The van der Waals surface area contributed by atoms with Gasteiger partial charge in [-0.15, -0.1) is 0 Å². The van der Waals surface area contributed by atoms with Gasteiger partial charge in [0.2, 0.25) is 0 Å². The number of hydrogen-bond donors (Lipinski definition) is 0. The second-order valence-electron chi connectivity index (χ2n) is 14.6. The highest BCUT2D eigenvalue weighted by molar-refractivity contribution is 7.85. The molecule has 0 unspecified atom stereocenters. The van der Waals surface area contributed by atoms with Crippen LogP contribution in [0.1, 0.15) is 0 Å². The van der Waals surface area contributed by atoms with E-state index in [0.29, 0.717) is 0 Å². The van der Waals surface area contributed by atoms with Crippen LogP contribution in [0.15, 0.2) is 212 Å². The average molecular weight is 780 g/mol. The highest BCUT2D eigenvalue weighted by Gasteiger charge is 2.30. The van der Waals surface area contributed by atoms with E-state index in [0.717, 1.165) is 76.3 Å². The minimum atomic E-state index is -3.25.